The van der Waals surface area contributed by atoms with Gasteiger partial charge in [0.25, 0.3) is 0 Å². The molecule has 0 fully saturated rings. The van der Waals surface area contributed by atoms with E-state index in [1.54, 1.807) is 0 Å². The monoisotopic (exact) mass is 981 g/mol. The third-order valence-corrected chi connectivity index (χ3v) is 11.6. The number of hydrogen-bond acceptors (Lipinski definition) is 6. The van der Waals surface area contributed by atoms with E-state index >= 15 is 0 Å². The number of hydrogen-bond donors (Lipinski definition) is 0. The summed E-state index contributed by atoms with van der Waals surface area (Å²) in [4.78, 5) is 38.2. The Kier molecular flexibility index (Phi) is 54.5. The molecular weight excluding hydrogens is 877 g/mol. The van der Waals surface area contributed by atoms with Crippen LogP contribution in [0.1, 0.15) is 239 Å². The Morgan fingerprint density at radius 2 is 0.549 bits per heavy atom. The van der Waals surface area contributed by atoms with E-state index in [0.717, 1.165) is 141 Å². The summed E-state index contributed by atoms with van der Waals surface area (Å²) in [7, 11) is 0. The number of carbonyl (C=O) groups is 3. The highest BCUT2D eigenvalue weighted by atomic mass is 16.6. The first-order valence-corrected chi connectivity index (χ1v) is 28.7. The fraction of sp³-hybridized carbons (Fsp3) is 0.615. The molecule has 0 aromatic heterocycles. The summed E-state index contributed by atoms with van der Waals surface area (Å²) in [5.41, 5.74) is 0. The van der Waals surface area contributed by atoms with Crippen molar-refractivity contribution in [1.29, 1.82) is 0 Å². The van der Waals surface area contributed by atoms with Gasteiger partial charge in [0, 0.05) is 19.3 Å². The van der Waals surface area contributed by atoms with Gasteiger partial charge >= 0.3 is 17.9 Å². The van der Waals surface area contributed by atoms with Gasteiger partial charge in [0.05, 0.1) is 0 Å². The quantitative estimate of drug-likeness (QED) is 0.0262. The van der Waals surface area contributed by atoms with Crippen LogP contribution in [-0.4, -0.2) is 37.2 Å². The summed E-state index contributed by atoms with van der Waals surface area (Å²) in [6.45, 7) is 6.39. The molecule has 0 unspecified atom stereocenters. The SMILES string of the molecule is CC/C=C\C/C=C\C/C=C\C/C=C\C/C=C\CCCCCC(=O)OC[C@@H](COC(=O)CCCCCCC/C=C\C/C=C\CCCCC)OC(=O)CCCCC/C=C\C/C=C\C/C=C\C/C=C\CCCCC. The Bertz CT molecular complexity index is 1550. The van der Waals surface area contributed by atoms with Crippen LogP contribution >= 0.6 is 0 Å². The predicted molar refractivity (Wildman–Crippen MR) is 306 cm³/mol. The zero-order valence-corrected chi connectivity index (χ0v) is 45.7. The predicted octanol–water partition coefficient (Wildman–Crippen LogP) is 19.4. The first kappa shape index (κ1) is 66.6. The molecule has 0 radical (unpaired) electrons. The van der Waals surface area contributed by atoms with Gasteiger partial charge in [0.15, 0.2) is 6.10 Å². The standard InChI is InChI=1S/C65H104O6/c1-4-7-10-13-16-19-22-25-28-30-32-34-37-40-43-46-49-52-55-58-64(67)70-61-62(60-69-63(66)57-54-51-48-45-42-39-36-27-24-21-18-15-12-9-6-3)71-65(68)59-56-53-50-47-44-41-38-35-33-31-29-26-23-20-17-14-11-8-5-2/h7,10,16-21,25-29,32-36,40-41,43-44,62H,4-6,8-9,11-15,22-24,30-31,37-39,42,45-61H2,1-3H3/b10-7-,19-16-,20-17-,21-18-,28-25-,29-26-,34-32-,35-33-,36-27-,43-40-,44-41-/t62-/m1/s1. The number of rotatable bonds is 50. The molecule has 0 heterocycles. The van der Waals surface area contributed by atoms with Crippen molar-refractivity contribution in [3.8, 4) is 0 Å². The fourth-order valence-electron chi connectivity index (χ4n) is 7.30. The minimum Gasteiger partial charge on any atom is -0.462 e. The Hall–Kier alpha value is -4.45. The summed E-state index contributed by atoms with van der Waals surface area (Å²) in [5, 5.41) is 0. The van der Waals surface area contributed by atoms with Crippen molar-refractivity contribution in [3.05, 3.63) is 134 Å². The Balaban J connectivity index is 4.56. The highest BCUT2D eigenvalue weighted by molar-refractivity contribution is 5.71. The van der Waals surface area contributed by atoms with E-state index in [0.29, 0.717) is 19.3 Å². The fourth-order valence-corrected chi connectivity index (χ4v) is 7.30. The molecule has 0 aliphatic heterocycles. The number of esters is 3. The minimum absolute atomic E-state index is 0.114. The third-order valence-electron chi connectivity index (χ3n) is 11.6. The summed E-state index contributed by atoms with van der Waals surface area (Å²) in [5.74, 6) is -0.995. The average molecular weight is 982 g/mol. The Labute approximate surface area is 436 Å². The van der Waals surface area contributed by atoms with Gasteiger partial charge in [0.2, 0.25) is 0 Å². The van der Waals surface area contributed by atoms with Gasteiger partial charge in [-0.1, -0.05) is 212 Å². The Morgan fingerprint density at radius 3 is 0.873 bits per heavy atom. The largest absolute Gasteiger partial charge is 0.462 e. The molecule has 0 amide bonds. The van der Waals surface area contributed by atoms with Crippen LogP contribution in [0.5, 0.6) is 0 Å². The van der Waals surface area contributed by atoms with Crippen LogP contribution in [0.2, 0.25) is 0 Å². The van der Waals surface area contributed by atoms with Crippen molar-refractivity contribution in [3.63, 3.8) is 0 Å². The van der Waals surface area contributed by atoms with Crippen LogP contribution < -0.4 is 0 Å². The molecule has 6 heteroatoms. The minimum atomic E-state index is -0.820. The van der Waals surface area contributed by atoms with Crippen molar-refractivity contribution < 1.29 is 28.6 Å². The maximum atomic E-state index is 12.9. The van der Waals surface area contributed by atoms with E-state index in [9.17, 15) is 14.4 Å². The highest BCUT2D eigenvalue weighted by Gasteiger charge is 2.19. The van der Waals surface area contributed by atoms with Gasteiger partial charge in [0.1, 0.15) is 13.2 Å². The summed E-state index contributed by atoms with van der Waals surface area (Å²) in [6.07, 6.45) is 81.5. The molecule has 0 aromatic carbocycles. The van der Waals surface area contributed by atoms with E-state index in [2.05, 4.69) is 154 Å². The molecule has 400 valence electrons. The van der Waals surface area contributed by atoms with Crippen molar-refractivity contribution in [2.75, 3.05) is 13.2 Å². The van der Waals surface area contributed by atoms with Crippen LogP contribution in [0.15, 0.2) is 134 Å². The second kappa shape index (κ2) is 58.1. The summed E-state index contributed by atoms with van der Waals surface area (Å²) < 4.78 is 16.8. The molecule has 0 saturated heterocycles. The molecule has 0 aromatic rings. The van der Waals surface area contributed by atoms with Gasteiger partial charge in [-0.3, -0.25) is 14.4 Å². The maximum Gasteiger partial charge on any atom is 0.306 e. The van der Waals surface area contributed by atoms with E-state index in [4.69, 9.17) is 14.2 Å². The lowest BCUT2D eigenvalue weighted by Gasteiger charge is -2.18. The zero-order chi connectivity index (χ0) is 51.4. The first-order chi connectivity index (χ1) is 35.0. The molecule has 0 saturated carbocycles. The second-order valence-electron chi connectivity index (χ2n) is 18.5. The molecular formula is C65H104O6. The second-order valence-corrected chi connectivity index (χ2v) is 18.5. The third kappa shape index (κ3) is 56.3. The lowest BCUT2D eigenvalue weighted by atomic mass is 10.1. The first-order valence-electron chi connectivity index (χ1n) is 28.7. The smallest absolute Gasteiger partial charge is 0.306 e. The van der Waals surface area contributed by atoms with Crippen molar-refractivity contribution >= 4 is 17.9 Å². The summed E-state index contributed by atoms with van der Waals surface area (Å²) in [6, 6.07) is 0. The van der Waals surface area contributed by atoms with Crippen LogP contribution in [0.3, 0.4) is 0 Å². The molecule has 0 spiro atoms. The van der Waals surface area contributed by atoms with E-state index in [1.807, 2.05) is 0 Å². The number of ether oxygens (including phenoxy) is 3. The highest BCUT2D eigenvalue weighted by Crippen LogP contribution is 2.12. The van der Waals surface area contributed by atoms with Gasteiger partial charge in [-0.15, -0.1) is 0 Å². The van der Waals surface area contributed by atoms with Gasteiger partial charge < -0.3 is 14.2 Å². The van der Waals surface area contributed by atoms with Crippen LogP contribution in [0.25, 0.3) is 0 Å². The van der Waals surface area contributed by atoms with Crippen LogP contribution in [-0.2, 0) is 28.6 Å². The van der Waals surface area contributed by atoms with Crippen molar-refractivity contribution in [2.24, 2.45) is 0 Å². The Morgan fingerprint density at radius 1 is 0.296 bits per heavy atom. The molecule has 0 N–H and O–H groups in total. The topological polar surface area (TPSA) is 78.9 Å². The van der Waals surface area contributed by atoms with Gasteiger partial charge in [-0.2, -0.15) is 0 Å². The normalized spacial score (nSPS) is 13.1. The molecule has 6 nitrogen and oxygen atoms in total. The number of allylic oxidation sites excluding steroid dienone is 22. The number of unbranched alkanes of at least 4 members (excludes halogenated alkanes) is 17. The lowest BCUT2D eigenvalue weighted by Crippen LogP contribution is -2.30. The van der Waals surface area contributed by atoms with Gasteiger partial charge in [-0.05, 0) is 141 Å². The van der Waals surface area contributed by atoms with Crippen molar-refractivity contribution in [1.82, 2.24) is 0 Å². The molecule has 0 aliphatic carbocycles. The molecule has 0 bridgehead atoms. The average Bonchev–Trinajstić information content (AvgIpc) is 3.37. The molecule has 0 rings (SSSR count). The number of carbonyl (C=O) groups excluding carboxylic acids is 3. The van der Waals surface area contributed by atoms with Crippen LogP contribution in [0.4, 0.5) is 0 Å². The van der Waals surface area contributed by atoms with E-state index in [1.165, 1.54) is 51.4 Å². The van der Waals surface area contributed by atoms with Crippen molar-refractivity contribution in [2.45, 2.75) is 245 Å². The molecule has 0 aliphatic rings. The molecule has 1 atom stereocenters. The van der Waals surface area contributed by atoms with Gasteiger partial charge in [-0.25, -0.2) is 0 Å². The maximum absolute atomic E-state index is 12.9. The van der Waals surface area contributed by atoms with Crippen LogP contribution in [0, 0.1) is 0 Å². The zero-order valence-electron chi connectivity index (χ0n) is 45.7. The van der Waals surface area contributed by atoms with E-state index in [-0.39, 0.29) is 37.5 Å². The lowest BCUT2D eigenvalue weighted by molar-refractivity contribution is -0.167. The van der Waals surface area contributed by atoms with E-state index < -0.39 is 6.10 Å². The summed E-state index contributed by atoms with van der Waals surface area (Å²) >= 11 is 0. The molecule has 71 heavy (non-hydrogen) atoms.